The van der Waals surface area contributed by atoms with Crippen molar-refractivity contribution in [2.75, 3.05) is 46.8 Å². The number of nitrogens with one attached hydrogen (secondary N) is 3. The molecule has 46 heavy (non-hydrogen) atoms. The SMILES string of the molecule is CNC(=O)c1cc(-c2cccc(CN3O[C@@H](CO)[C@@H](C(C)NC)[C@H]3C(=O)NC3C[C@H]4C[C@H]([C@@H]3C)C4(C)C)c2OC)cc(N(C)C)c1. The largest absolute Gasteiger partial charge is 0.496 e. The molecule has 0 spiro atoms. The highest BCUT2D eigenvalue weighted by atomic mass is 16.7. The van der Waals surface area contributed by atoms with Crippen molar-refractivity contribution >= 4 is 17.5 Å². The Morgan fingerprint density at radius 2 is 1.91 bits per heavy atom. The number of amides is 2. The molecule has 2 bridgehead atoms. The molecule has 2 unspecified atom stereocenters. The van der Waals surface area contributed by atoms with Gasteiger partial charge < -0.3 is 30.7 Å². The molecule has 3 aliphatic carbocycles. The molecule has 10 nitrogen and oxygen atoms in total. The van der Waals surface area contributed by atoms with Crippen LogP contribution in [0.15, 0.2) is 36.4 Å². The molecule has 4 N–H and O–H groups in total. The molecule has 0 radical (unpaired) electrons. The van der Waals surface area contributed by atoms with E-state index in [0.717, 1.165) is 28.8 Å². The van der Waals surface area contributed by atoms with Crippen molar-refractivity contribution in [3.05, 3.63) is 47.5 Å². The first kappa shape index (κ1) is 34.2. The lowest BCUT2D eigenvalue weighted by atomic mass is 9.45. The summed E-state index contributed by atoms with van der Waals surface area (Å²) in [5.74, 6) is 1.73. The van der Waals surface area contributed by atoms with E-state index in [2.05, 4.69) is 36.7 Å². The maximum atomic E-state index is 14.3. The van der Waals surface area contributed by atoms with Gasteiger partial charge in [0.15, 0.2) is 0 Å². The minimum absolute atomic E-state index is 0.0666. The quantitative estimate of drug-likeness (QED) is 0.296. The Hall–Kier alpha value is -3.18. The average molecular weight is 636 g/mol. The molecule has 1 heterocycles. The molecule has 4 aliphatic rings. The maximum Gasteiger partial charge on any atom is 0.251 e. The number of fused-ring (bicyclic) bond motifs is 2. The summed E-state index contributed by atoms with van der Waals surface area (Å²) in [7, 11) is 9.00. The predicted octanol–water partition coefficient (Wildman–Crippen LogP) is 3.68. The molecule has 4 fully saturated rings. The van der Waals surface area contributed by atoms with E-state index in [-0.39, 0.29) is 43.0 Å². The molecular formula is C36H53N5O5. The summed E-state index contributed by atoms with van der Waals surface area (Å²) in [6.45, 7) is 9.10. The van der Waals surface area contributed by atoms with Crippen LogP contribution in [0.25, 0.3) is 11.1 Å². The van der Waals surface area contributed by atoms with Crippen LogP contribution in [0.3, 0.4) is 0 Å². The molecular weight excluding hydrogens is 582 g/mol. The second kappa shape index (κ2) is 13.5. The molecule has 2 aromatic carbocycles. The van der Waals surface area contributed by atoms with E-state index in [1.54, 1.807) is 19.2 Å². The number of hydrogen-bond donors (Lipinski definition) is 4. The summed E-state index contributed by atoms with van der Waals surface area (Å²) < 4.78 is 6.03. The smallest absolute Gasteiger partial charge is 0.251 e. The highest BCUT2D eigenvalue weighted by Gasteiger charge is 2.57. The van der Waals surface area contributed by atoms with Crippen LogP contribution >= 0.6 is 0 Å². The summed E-state index contributed by atoms with van der Waals surface area (Å²) in [4.78, 5) is 35.3. The summed E-state index contributed by atoms with van der Waals surface area (Å²) in [5, 5.41) is 21.6. The first-order valence-electron chi connectivity index (χ1n) is 16.6. The highest BCUT2D eigenvalue weighted by Crippen LogP contribution is 2.61. The van der Waals surface area contributed by atoms with E-state index in [0.29, 0.717) is 34.5 Å². The number of rotatable bonds is 11. The van der Waals surface area contributed by atoms with Crippen molar-refractivity contribution in [3.63, 3.8) is 0 Å². The lowest BCUT2D eigenvalue weighted by Crippen LogP contribution is -2.62. The first-order valence-corrected chi connectivity index (χ1v) is 16.6. The predicted molar refractivity (Wildman–Crippen MR) is 181 cm³/mol. The van der Waals surface area contributed by atoms with Gasteiger partial charge in [0.1, 0.15) is 17.9 Å². The number of para-hydroxylation sites is 1. The lowest BCUT2D eigenvalue weighted by molar-refractivity contribution is -0.183. The van der Waals surface area contributed by atoms with Crippen molar-refractivity contribution < 1.29 is 24.3 Å². The van der Waals surface area contributed by atoms with Gasteiger partial charge in [0.25, 0.3) is 5.91 Å². The number of ether oxygens (including phenoxy) is 1. The van der Waals surface area contributed by atoms with Gasteiger partial charge in [0, 0.05) is 61.5 Å². The number of nitrogens with zero attached hydrogens (tertiary/aromatic N) is 2. The monoisotopic (exact) mass is 635 g/mol. The Kier molecular flexibility index (Phi) is 10.0. The fourth-order valence-electron chi connectivity index (χ4n) is 8.34. The van der Waals surface area contributed by atoms with Gasteiger partial charge in [-0.1, -0.05) is 39.0 Å². The van der Waals surface area contributed by atoms with Crippen molar-refractivity contribution in [1.29, 1.82) is 0 Å². The lowest BCUT2D eigenvalue weighted by Gasteiger charge is -2.62. The van der Waals surface area contributed by atoms with E-state index < -0.39 is 12.1 Å². The Morgan fingerprint density at radius 1 is 1.17 bits per heavy atom. The van der Waals surface area contributed by atoms with E-state index >= 15 is 0 Å². The Bertz CT molecular complexity index is 1430. The average Bonchev–Trinajstić information content (AvgIpc) is 3.42. The molecule has 1 saturated heterocycles. The number of aliphatic hydroxyl groups excluding tert-OH is 1. The third kappa shape index (κ3) is 6.12. The van der Waals surface area contributed by atoms with Gasteiger partial charge in [-0.25, -0.2) is 0 Å². The molecule has 10 heteroatoms. The van der Waals surface area contributed by atoms with Gasteiger partial charge in [-0.2, -0.15) is 5.06 Å². The van der Waals surface area contributed by atoms with Gasteiger partial charge in [0.05, 0.1) is 20.3 Å². The first-order chi connectivity index (χ1) is 21.9. The number of hydrogen-bond acceptors (Lipinski definition) is 8. The number of anilines is 1. The van der Waals surface area contributed by atoms with Crippen LogP contribution in [0.1, 0.15) is 56.5 Å². The van der Waals surface area contributed by atoms with E-state index in [9.17, 15) is 14.7 Å². The minimum atomic E-state index is -0.622. The molecule has 2 aromatic rings. The van der Waals surface area contributed by atoms with E-state index in [4.69, 9.17) is 9.57 Å². The third-order valence-corrected chi connectivity index (χ3v) is 11.4. The summed E-state index contributed by atoms with van der Waals surface area (Å²) in [6, 6.07) is 11.0. The number of benzene rings is 2. The zero-order valence-electron chi connectivity index (χ0n) is 28.9. The zero-order chi connectivity index (χ0) is 33.5. The van der Waals surface area contributed by atoms with Crippen LogP contribution in [0.5, 0.6) is 5.75 Å². The molecule has 8 atom stereocenters. The van der Waals surface area contributed by atoms with Gasteiger partial charge >= 0.3 is 0 Å². The van der Waals surface area contributed by atoms with Crippen LogP contribution in [-0.2, 0) is 16.2 Å². The van der Waals surface area contributed by atoms with E-state index in [1.807, 2.05) is 69.4 Å². The highest BCUT2D eigenvalue weighted by molar-refractivity contribution is 5.97. The van der Waals surface area contributed by atoms with Crippen LogP contribution in [0, 0.1) is 29.1 Å². The van der Waals surface area contributed by atoms with Gasteiger partial charge in [-0.15, -0.1) is 0 Å². The standard InChI is InChI=1S/C36H53N5O5/c1-20-28-16-25(36(28,3)4)17-29(20)39-35(44)32-31(21(2)37-5)30(19-42)46-41(32)18-22-11-10-12-27(33(22)45-9)23-13-24(34(43)38-6)15-26(14-23)40(7)8/h10-15,20-21,25,28-32,37,42H,16-19H2,1-9H3,(H,38,43)(H,39,44)/t20-,21?,25+,28+,29?,30-,31+,32-/m0/s1. The van der Waals surface area contributed by atoms with Crippen molar-refractivity contribution in [2.24, 2.45) is 29.1 Å². The molecule has 252 valence electrons. The van der Waals surface area contributed by atoms with Crippen LogP contribution in [0.4, 0.5) is 5.69 Å². The number of carbonyl (C=O) groups is 2. The molecule has 3 saturated carbocycles. The number of aliphatic hydroxyl groups is 1. The van der Waals surface area contributed by atoms with Crippen LogP contribution < -0.4 is 25.6 Å². The molecule has 6 rings (SSSR count). The van der Waals surface area contributed by atoms with Gasteiger partial charge in [-0.3, -0.25) is 14.4 Å². The topological polar surface area (TPSA) is 115 Å². The number of carbonyl (C=O) groups excluding carboxylic acids is 2. The summed E-state index contributed by atoms with van der Waals surface area (Å²) in [6.07, 6.45) is 1.68. The second-order valence-corrected chi connectivity index (χ2v) is 14.3. The minimum Gasteiger partial charge on any atom is -0.496 e. The fraction of sp³-hybridized carbons (Fsp3) is 0.611. The zero-order valence-corrected chi connectivity index (χ0v) is 28.9. The van der Waals surface area contributed by atoms with Gasteiger partial charge in [-0.05, 0) is 73.7 Å². The van der Waals surface area contributed by atoms with Crippen molar-refractivity contribution in [2.45, 2.75) is 71.3 Å². The molecule has 2 amide bonds. The van der Waals surface area contributed by atoms with Gasteiger partial charge in [0.2, 0.25) is 5.91 Å². The van der Waals surface area contributed by atoms with Crippen LogP contribution in [-0.4, -0.2) is 88.1 Å². The third-order valence-electron chi connectivity index (χ3n) is 11.4. The Balaban J connectivity index is 1.48. The Morgan fingerprint density at radius 3 is 2.50 bits per heavy atom. The van der Waals surface area contributed by atoms with Crippen LogP contribution in [0.2, 0.25) is 0 Å². The van der Waals surface area contributed by atoms with Crippen molar-refractivity contribution in [1.82, 2.24) is 21.0 Å². The fourth-order valence-corrected chi connectivity index (χ4v) is 8.34. The van der Waals surface area contributed by atoms with E-state index in [1.165, 1.54) is 6.42 Å². The normalized spacial score (nSPS) is 29.0. The van der Waals surface area contributed by atoms with Crippen molar-refractivity contribution in [3.8, 4) is 16.9 Å². The second-order valence-electron chi connectivity index (χ2n) is 14.3. The Labute approximate surface area is 274 Å². The molecule has 1 aliphatic heterocycles. The molecule has 0 aromatic heterocycles. The summed E-state index contributed by atoms with van der Waals surface area (Å²) >= 11 is 0. The number of hydroxylamine groups is 2. The number of methoxy groups -OCH3 is 1. The maximum absolute atomic E-state index is 14.3. The summed E-state index contributed by atoms with van der Waals surface area (Å²) in [5.41, 5.74) is 4.24.